The fourth-order valence-electron chi connectivity index (χ4n) is 2.38. The Morgan fingerprint density at radius 3 is 1.77 bits per heavy atom. The monoisotopic (exact) mass is 342 g/mol. The Morgan fingerprint density at radius 1 is 0.731 bits per heavy atom. The van der Waals surface area contributed by atoms with Crippen LogP contribution >= 0.6 is 0 Å². The van der Waals surface area contributed by atoms with Gasteiger partial charge in [0.15, 0.2) is 0 Å². The van der Waals surface area contributed by atoms with Gasteiger partial charge in [-0.1, -0.05) is 54.3 Å². The quantitative estimate of drug-likeness (QED) is 0.694. The van der Waals surface area contributed by atoms with Crippen LogP contribution in [0.2, 0.25) is 0 Å². The molecule has 3 nitrogen and oxygen atoms in total. The molecule has 0 aliphatic rings. The topological polar surface area (TPSA) is 46.5 Å². The molecule has 3 rings (SSSR count). The summed E-state index contributed by atoms with van der Waals surface area (Å²) in [4.78, 5) is 10.8. The van der Waals surface area contributed by atoms with Crippen LogP contribution in [0.15, 0.2) is 78.9 Å². The average Bonchev–Trinajstić information content (AvgIpc) is 2.68. The second kappa shape index (κ2) is 8.66. The number of ether oxygens (including phenoxy) is 1. The molecule has 0 fully saturated rings. The van der Waals surface area contributed by atoms with Crippen LogP contribution in [0.1, 0.15) is 32.6 Å². The molecule has 0 saturated carbocycles. The predicted octanol–water partition coefficient (Wildman–Crippen LogP) is 4.50. The lowest BCUT2D eigenvalue weighted by Gasteiger charge is -2.05. The molecule has 0 atom stereocenters. The number of hydrogen-bond donors (Lipinski definition) is 1. The largest absolute Gasteiger partial charge is 0.478 e. The van der Waals surface area contributed by atoms with Crippen molar-refractivity contribution in [2.45, 2.75) is 13.2 Å². The van der Waals surface area contributed by atoms with Crippen LogP contribution in [-0.4, -0.2) is 11.1 Å². The van der Waals surface area contributed by atoms with Gasteiger partial charge in [-0.05, 0) is 47.5 Å². The van der Waals surface area contributed by atoms with Crippen molar-refractivity contribution >= 4 is 5.97 Å². The van der Waals surface area contributed by atoms with E-state index in [1.807, 2.05) is 54.6 Å². The fraction of sp³-hybridized carbons (Fsp3) is 0.0870. The van der Waals surface area contributed by atoms with Crippen LogP contribution in [0, 0.1) is 11.8 Å². The van der Waals surface area contributed by atoms with Crippen LogP contribution in [0.3, 0.4) is 0 Å². The highest BCUT2D eigenvalue weighted by molar-refractivity contribution is 5.87. The van der Waals surface area contributed by atoms with Gasteiger partial charge in [0.1, 0.15) is 0 Å². The van der Waals surface area contributed by atoms with Gasteiger partial charge in [0, 0.05) is 11.1 Å². The molecule has 0 aliphatic carbocycles. The summed E-state index contributed by atoms with van der Waals surface area (Å²) in [7, 11) is 0. The second-order valence-corrected chi connectivity index (χ2v) is 5.81. The van der Waals surface area contributed by atoms with Gasteiger partial charge in [0.05, 0.1) is 18.8 Å². The van der Waals surface area contributed by atoms with Gasteiger partial charge in [0.25, 0.3) is 0 Å². The van der Waals surface area contributed by atoms with E-state index in [0.29, 0.717) is 13.2 Å². The van der Waals surface area contributed by atoms with E-state index in [1.165, 1.54) is 0 Å². The molecule has 0 radical (unpaired) electrons. The number of hydrogen-bond acceptors (Lipinski definition) is 2. The standard InChI is InChI=1S/C23H18O3/c24-23(25)22-14-12-21(13-15-22)17-26-16-20-10-8-19(9-11-20)7-6-18-4-2-1-3-5-18/h1-5,8-15H,16-17H2,(H,24,25). The van der Waals surface area contributed by atoms with Crippen LogP contribution in [0.5, 0.6) is 0 Å². The van der Waals surface area contributed by atoms with Crippen molar-refractivity contribution in [3.63, 3.8) is 0 Å². The summed E-state index contributed by atoms with van der Waals surface area (Å²) >= 11 is 0. The van der Waals surface area contributed by atoms with Crippen molar-refractivity contribution in [1.29, 1.82) is 0 Å². The molecule has 0 bridgehead atoms. The summed E-state index contributed by atoms with van der Waals surface area (Å²) < 4.78 is 5.69. The van der Waals surface area contributed by atoms with Crippen molar-refractivity contribution < 1.29 is 14.6 Å². The summed E-state index contributed by atoms with van der Waals surface area (Å²) in [6.07, 6.45) is 0. The Hall–Kier alpha value is -3.35. The minimum Gasteiger partial charge on any atom is -0.478 e. The second-order valence-electron chi connectivity index (χ2n) is 5.81. The average molecular weight is 342 g/mol. The summed E-state index contributed by atoms with van der Waals surface area (Å²) in [5.74, 6) is 5.36. The van der Waals surface area contributed by atoms with Gasteiger partial charge in [-0.3, -0.25) is 0 Å². The zero-order valence-corrected chi connectivity index (χ0v) is 14.2. The van der Waals surface area contributed by atoms with Crippen LogP contribution in [0.4, 0.5) is 0 Å². The normalized spacial score (nSPS) is 10.0. The molecule has 1 N–H and O–H groups in total. The van der Waals surface area contributed by atoms with Gasteiger partial charge in [-0.15, -0.1) is 0 Å². The third-order valence-corrected chi connectivity index (χ3v) is 3.82. The van der Waals surface area contributed by atoms with E-state index in [4.69, 9.17) is 9.84 Å². The van der Waals surface area contributed by atoms with E-state index < -0.39 is 5.97 Å². The molecular formula is C23H18O3. The lowest BCUT2D eigenvalue weighted by atomic mass is 10.1. The smallest absolute Gasteiger partial charge is 0.335 e. The molecule has 0 amide bonds. The number of carboxylic acids is 1. The summed E-state index contributed by atoms with van der Waals surface area (Å²) in [6.45, 7) is 0.933. The highest BCUT2D eigenvalue weighted by Gasteiger charge is 2.02. The summed E-state index contributed by atoms with van der Waals surface area (Å²) in [6, 6.07) is 24.6. The van der Waals surface area contributed by atoms with Gasteiger partial charge < -0.3 is 9.84 Å². The van der Waals surface area contributed by atoms with Crippen molar-refractivity contribution in [1.82, 2.24) is 0 Å². The maximum Gasteiger partial charge on any atom is 0.335 e. The summed E-state index contributed by atoms with van der Waals surface area (Å²) in [5, 5.41) is 8.88. The maximum atomic E-state index is 10.8. The Labute approximate surface area is 152 Å². The molecule has 3 aromatic rings. The predicted molar refractivity (Wildman–Crippen MR) is 101 cm³/mol. The third-order valence-electron chi connectivity index (χ3n) is 3.82. The van der Waals surface area contributed by atoms with E-state index in [9.17, 15) is 4.79 Å². The Bertz CT molecular complexity index is 915. The van der Waals surface area contributed by atoms with E-state index in [-0.39, 0.29) is 5.56 Å². The first-order chi connectivity index (χ1) is 12.7. The Balaban J connectivity index is 1.51. The van der Waals surface area contributed by atoms with E-state index in [2.05, 4.69) is 11.8 Å². The first-order valence-electron chi connectivity index (χ1n) is 8.27. The minimum absolute atomic E-state index is 0.279. The van der Waals surface area contributed by atoms with Crippen molar-refractivity contribution in [3.05, 3.63) is 107 Å². The lowest BCUT2D eigenvalue weighted by molar-refractivity contribution is 0.0696. The van der Waals surface area contributed by atoms with E-state index >= 15 is 0 Å². The number of aromatic carboxylic acids is 1. The van der Waals surface area contributed by atoms with Crippen molar-refractivity contribution in [2.24, 2.45) is 0 Å². The fourth-order valence-corrected chi connectivity index (χ4v) is 2.38. The van der Waals surface area contributed by atoms with Crippen molar-refractivity contribution in [2.75, 3.05) is 0 Å². The summed E-state index contributed by atoms with van der Waals surface area (Å²) in [5.41, 5.74) is 4.24. The molecule has 0 aromatic heterocycles. The van der Waals surface area contributed by atoms with E-state index in [1.54, 1.807) is 24.3 Å². The SMILES string of the molecule is O=C(O)c1ccc(COCc2ccc(C#Cc3ccccc3)cc2)cc1. The lowest BCUT2D eigenvalue weighted by Crippen LogP contribution is -1.98. The third kappa shape index (κ3) is 5.07. The zero-order chi connectivity index (χ0) is 18.2. The first kappa shape index (κ1) is 17.5. The maximum absolute atomic E-state index is 10.8. The molecule has 3 aromatic carbocycles. The van der Waals surface area contributed by atoms with Gasteiger partial charge in [-0.2, -0.15) is 0 Å². The molecule has 3 heteroatoms. The molecule has 128 valence electrons. The molecule has 0 saturated heterocycles. The molecule has 26 heavy (non-hydrogen) atoms. The number of benzene rings is 3. The first-order valence-corrected chi connectivity index (χ1v) is 8.27. The number of carbonyl (C=O) groups is 1. The van der Waals surface area contributed by atoms with Gasteiger partial charge in [0.2, 0.25) is 0 Å². The van der Waals surface area contributed by atoms with E-state index in [0.717, 1.165) is 22.3 Å². The minimum atomic E-state index is -0.923. The number of carboxylic acid groups (broad SMARTS) is 1. The van der Waals surface area contributed by atoms with Crippen molar-refractivity contribution in [3.8, 4) is 11.8 Å². The van der Waals surface area contributed by atoms with Gasteiger partial charge in [-0.25, -0.2) is 4.79 Å². The van der Waals surface area contributed by atoms with Gasteiger partial charge >= 0.3 is 5.97 Å². The zero-order valence-electron chi connectivity index (χ0n) is 14.2. The van der Waals surface area contributed by atoms with Crippen LogP contribution in [-0.2, 0) is 18.0 Å². The Morgan fingerprint density at radius 2 is 1.23 bits per heavy atom. The Kier molecular flexibility index (Phi) is 5.82. The highest BCUT2D eigenvalue weighted by Crippen LogP contribution is 2.09. The molecule has 0 heterocycles. The number of rotatable bonds is 5. The molecule has 0 spiro atoms. The van der Waals surface area contributed by atoms with Crippen LogP contribution in [0.25, 0.3) is 0 Å². The molecule has 0 unspecified atom stereocenters. The van der Waals surface area contributed by atoms with Crippen LogP contribution < -0.4 is 0 Å². The highest BCUT2D eigenvalue weighted by atomic mass is 16.5. The molecular weight excluding hydrogens is 324 g/mol. The molecule has 0 aliphatic heterocycles.